The molecule has 8 nitrogen and oxygen atoms in total. The van der Waals surface area contributed by atoms with Crippen LogP contribution in [0.15, 0.2) is 76.7 Å². The van der Waals surface area contributed by atoms with Gasteiger partial charge in [-0.25, -0.2) is 22.7 Å². The molecular weight excluding hydrogens is 402 g/mol. The molecule has 0 fully saturated rings. The van der Waals surface area contributed by atoms with E-state index in [4.69, 9.17) is 0 Å². The summed E-state index contributed by atoms with van der Waals surface area (Å²) < 4.78 is 25.7. The molecule has 4 aromatic rings. The van der Waals surface area contributed by atoms with Crippen molar-refractivity contribution in [2.75, 3.05) is 19.4 Å². The van der Waals surface area contributed by atoms with Crippen molar-refractivity contribution in [1.82, 2.24) is 19.3 Å². The molecule has 152 valence electrons. The summed E-state index contributed by atoms with van der Waals surface area (Å²) in [6.45, 7) is 0. The minimum Gasteiger partial charge on any atom is -0.339 e. The summed E-state index contributed by atoms with van der Waals surface area (Å²) in [4.78, 5) is 24.1. The van der Waals surface area contributed by atoms with E-state index in [0.29, 0.717) is 28.1 Å². The molecule has 0 aliphatic heterocycles. The van der Waals surface area contributed by atoms with E-state index in [2.05, 4.69) is 20.3 Å². The maximum absolute atomic E-state index is 12.4. The van der Waals surface area contributed by atoms with Crippen LogP contribution in [0.25, 0.3) is 22.2 Å². The molecule has 0 radical (unpaired) electrons. The SMILES string of the molecule is CN(C)S(=O)(=O)c1ccc(Nc2nc(-c3ccccc3)cc3nc[nH]c(=O)c23)cc1. The fraction of sp³-hybridized carbons (Fsp3) is 0.0952. The summed E-state index contributed by atoms with van der Waals surface area (Å²) in [5.74, 6) is 0.337. The van der Waals surface area contributed by atoms with Gasteiger partial charge in [-0.2, -0.15) is 0 Å². The zero-order valence-electron chi connectivity index (χ0n) is 16.3. The number of aromatic amines is 1. The molecule has 2 aromatic carbocycles. The number of rotatable bonds is 5. The summed E-state index contributed by atoms with van der Waals surface area (Å²) in [5.41, 5.74) is 2.32. The fourth-order valence-corrected chi connectivity index (χ4v) is 3.90. The first-order valence-corrected chi connectivity index (χ1v) is 10.5. The minimum absolute atomic E-state index is 0.174. The number of hydrogen-bond acceptors (Lipinski definition) is 6. The summed E-state index contributed by atoms with van der Waals surface area (Å²) in [6.07, 6.45) is 1.35. The van der Waals surface area contributed by atoms with Crippen LogP contribution in [0.5, 0.6) is 0 Å². The van der Waals surface area contributed by atoms with Gasteiger partial charge >= 0.3 is 0 Å². The van der Waals surface area contributed by atoms with Crippen LogP contribution in [0.4, 0.5) is 11.5 Å². The van der Waals surface area contributed by atoms with Crippen LogP contribution in [0.1, 0.15) is 0 Å². The molecule has 2 heterocycles. The van der Waals surface area contributed by atoms with Crippen LogP contribution in [0, 0.1) is 0 Å². The minimum atomic E-state index is -3.53. The van der Waals surface area contributed by atoms with Gasteiger partial charge < -0.3 is 10.3 Å². The molecule has 0 unspecified atom stereocenters. The third-order valence-corrected chi connectivity index (χ3v) is 6.42. The molecule has 0 amide bonds. The topological polar surface area (TPSA) is 108 Å². The number of aromatic nitrogens is 3. The first-order chi connectivity index (χ1) is 14.4. The zero-order chi connectivity index (χ0) is 21.3. The van der Waals surface area contributed by atoms with E-state index in [9.17, 15) is 13.2 Å². The lowest BCUT2D eigenvalue weighted by Crippen LogP contribution is -2.22. The number of anilines is 2. The van der Waals surface area contributed by atoms with Crippen LogP contribution in [-0.4, -0.2) is 41.8 Å². The molecule has 2 aromatic heterocycles. The Morgan fingerprint density at radius 1 is 1.00 bits per heavy atom. The molecule has 4 rings (SSSR count). The second-order valence-electron chi connectivity index (χ2n) is 6.78. The van der Waals surface area contributed by atoms with Gasteiger partial charge in [0, 0.05) is 25.3 Å². The average Bonchev–Trinajstić information content (AvgIpc) is 2.74. The van der Waals surface area contributed by atoms with Crippen LogP contribution >= 0.6 is 0 Å². The highest BCUT2D eigenvalue weighted by molar-refractivity contribution is 7.89. The van der Waals surface area contributed by atoms with E-state index in [1.165, 1.54) is 32.6 Å². The lowest BCUT2D eigenvalue weighted by atomic mass is 10.1. The Balaban J connectivity index is 1.79. The number of nitrogens with zero attached hydrogens (tertiary/aromatic N) is 3. The van der Waals surface area contributed by atoms with Gasteiger partial charge in [0.05, 0.1) is 22.4 Å². The number of nitrogens with one attached hydrogen (secondary N) is 2. The van der Waals surface area contributed by atoms with E-state index < -0.39 is 10.0 Å². The normalized spacial score (nSPS) is 11.7. The zero-order valence-corrected chi connectivity index (χ0v) is 17.1. The lowest BCUT2D eigenvalue weighted by molar-refractivity contribution is 0.521. The highest BCUT2D eigenvalue weighted by Crippen LogP contribution is 2.27. The third-order valence-electron chi connectivity index (χ3n) is 4.59. The number of hydrogen-bond donors (Lipinski definition) is 2. The average molecular weight is 421 g/mol. The molecular formula is C21H19N5O3S. The van der Waals surface area contributed by atoms with Gasteiger partial charge in [-0.15, -0.1) is 0 Å². The molecule has 0 saturated heterocycles. The Hall–Kier alpha value is -3.56. The molecule has 30 heavy (non-hydrogen) atoms. The van der Waals surface area contributed by atoms with Gasteiger partial charge in [-0.3, -0.25) is 4.79 Å². The second kappa shape index (κ2) is 7.69. The van der Waals surface area contributed by atoms with Crippen molar-refractivity contribution >= 4 is 32.4 Å². The molecule has 0 bridgehead atoms. The number of fused-ring (bicyclic) bond motifs is 1. The maximum atomic E-state index is 12.4. The number of sulfonamides is 1. The van der Waals surface area contributed by atoms with Crippen LogP contribution in [0.3, 0.4) is 0 Å². The summed E-state index contributed by atoms with van der Waals surface area (Å²) >= 11 is 0. The van der Waals surface area contributed by atoms with Crippen LogP contribution < -0.4 is 10.9 Å². The highest BCUT2D eigenvalue weighted by atomic mass is 32.2. The molecule has 0 aliphatic carbocycles. The van der Waals surface area contributed by atoms with E-state index in [-0.39, 0.29) is 10.5 Å². The Morgan fingerprint density at radius 3 is 2.37 bits per heavy atom. The highest BCUT2D eigenvalue weighted by Gasteiger charge is 2.17. The Kier molecular flexibility index (Phi) is 5.06. The quantitative estimate of drug-likeness (QED) is 0.513. The van der Waals surface area contributed by atoms with E-state index in [0.717, 1.165) is 9.87 Å². The van der Waals surface area contributed by atoms with Crippen molar-refractivity contribution < 1.29 is 8.42 Å². The standard InChI is InChI=1S/C21H19N5O3S/c1-26(2)30(28,29)16-10-8-15(9-11-16)24-20-19-18(22-13-23-21(19)27)12-17(25-20)14-6-4-3-5-7-14/h3-13H,1-2H3,(H,24,25)(H,22,23,27). The van der Waals surface area contributed by atoms with E-state index in [1.807, 2.05) is 30.3 Å². The Labute approximate surface area is 173 Å². The molecule has 0 saturated carbocycles. The molecule has 9 heteroatoms. The van der Waals surface area contributed by atoms with Crippen molar-refractivity contribution in [3.8, 4) is 11.3 Å². The van der Waals surface area contributed by atoms with Gasteiger partial charge in [-0.05, 0) is 30.3 Å². The van der Waals surface area contributed by atoms with Crippen molar-refractivity contribution in [3.63, 3.8) is 0 Å². The first-order valence-electron chi connectivity index (χ1n) is 9.10. The molecule has 0 aliphatic rings. The van der Waals surface area contributed by atoms with Crippen molar-refractivity contribution in [1.29, 1.82) is 0 Å². The van der Waals surface area contributed by atoms with Crippen LogP contribution in [-0.2, 0) is 10.0 Å². The number of pyridine rings is 1. The third kappa shape index (κ3) is 3.68. The van der Waals surface area contributed by atoms with Crippen molar-refractivity contribution in [2.45, 2.75) is 4.90 Å². The van der Waals surface area contributed by atoms with Gasteiger partial charge in [0.15, 0.2) is 0 Å². The van der Waals surface area contributed by atoms with E-state index in [1.54, 1.807) is 18.2 Å². The predicted octanol–water partition coefficient (Wildman–Crippen LogP) is 2.98. The Bertz CT molecular complexity index is 1370. The maximum Gasteiger partial charge on any atom is 0.262 e. The molecule has 0 atom stereocenters. The van der Waals surface area contributed by atoms with E-state index >= 15 is 0 Å². The Morgan fingerprint density at radius 2 is 1.70 bits per heavy atom. The lowest BCUT2D eigenvalue weighted by Gasteiger charge is -2.13. The first kappa shape index (κ1) is 19.7. The summed E-state index contributed by atoms with van der Waals surface area (Å²) in [5, 5.41) is 3.45. The second-order valence-corrected chi connectivity index (χ2v) is 8.94. The van der Waals surface area contributed by atoms with Gasteiger partial charge in [0.1, 0.15) is 11.2 Å². The van der Waals surface area contributed by atoms with Crippen LogP contribution in [0.2, 0.25) is 0 Å². The fourth-order valence-electron chi connectivity index (χ4n) is 2.99. The largest absolute Gasteiger partial charge is 0.339 e. The van der Waals surface area contributed by atoms with Gasteiger partial charge in [-0.1, -0.05) is 30.3 Å². The summed E-state index contributed by atoms with van der Waals surface area (Å²) in [7, 11) is -0.570. The number of H-pyrrole nitrogens is 1. The van der Waals surface area contributed by atoms with Crippen molar-refractivity contribution in [2.24, 2.45) is 0 Å². The monoisotopic (exact) mass is 421 g/mol. The molecule has 0 spiro atoms. The number of benzene rings is 2. The predicted molar refractivity (Wildman–Crippen MR) is 116 cm³/mol. The van der Waals surface area contributed by atoms with Gasteiger partial charge in [0.2, 0.25) is 10.0 Å². The smallest absolute Gasteiger partial charge is 0.262 e. The van der Waals surface area contributed by atoms with Crippen molar-refractivity contribution in [3.05, 3.63) is 77.3 Å². The summed E-state index contributed by atoms with van der Waals surface area (Å²) in [6, 6.07) is 17.6. The molecule has 2 N–H and O–H groups in total. The van der Waals surface area contributed by atoms with Gasteiger partial charge in [0.25, 0.3) is 5.56 Å².